The Bertz CT molecular complexity index is 241. The maximum absolute atomic E-state index is 11.9. The van der Waals surface area contributed by atoms with E-state index in [1.54, 1.807) is 0 Å². The van der Waals surface area contributed by atoms with Gasteiger partial charge in [0.15, 0.2) is 0 Å². The van der Waals surface area contributed by atoms with E-state index in [0.29, 0.717) is 13.2 Å². The van der Waals surface area contributed by atoms with E-state index in [2.05, 4.69) is 0 Å². The molecule has 0 saturated heterocycles. The number of nitrogens with one attached hydrogen (secondary N) is 1. The fourth-order valence-electron chi connectivity index (χ4n) is 1.30. The van der Waals surface area contributed by atoms with E-state index in [1.807, 2.05) is 5.32 Å². The van der Waals surface area contributed by atoms with Crippen molar-refractivity contribution >= 4 is 6.03 Å². The summed E-state index contributed by atoms with van der Waals surface area (Å²) in [4.78, 5) is 12.8. The highest BCUT2D eigenvalue weighted by molar-refractivity contribution is 5.74. The minimum Gasteiger partial charge on any atom is -0.383 e. The van der Waals surface area contributed by atoms with Crippen molar-refractivity contribution in [2.45, 2.75) is 25.1 Å². The zero-order valence-electron chi connectivity index (χ0n) is 9.01. The molecule has 1 N–H and O–H groups in total. The van der Waals surface area contributed by atoms with Crippen molar-refractivity contribution in [2.75, 3.05) is 26.8 Å². The molecule has 1 aliphatic carbocycles. The Hall–Kier alpha value is -0.980. The number of nitrogens with zero attached hydrogens (tertiary/aromatic N) is 1. The molecule has 0 aromatic rings. The van der Waals surface area contributed by atoms with Crippen LogP contribution in [-0.4, -0.2) is 50.0 Å². The van der Waals surface area contributed by atoms with E-state index >= 15 is 0 Å². The van der Waals surface area contributed by atoms with E-state index < -0.39 is 18.8 Å². The molecule has 0 bridgehead atoms. The second-order valence-electron chi connectivity index (χ2n) is 3.69. The summed E-state index contributed by atoms with van der Waals surface area (Å²) < 4.78 is 40.5. The molecule has 0 aliphatic heterocycles. The average molecular weight is 240 g/mol. The van der Waals surface area contributed by atoms with Crippen molar-refractivity contribution in [3.05, 3.63) is 0 Å². The van der Waals surface area contributed by atoms with Crippen LogP contribution in [0.4, 0.5) is 18.0 Å². The molecule has 1 fully saturated rings. The Morgan fingerprint density at radius 1 is 1.50 bits per heavy atom. The molecule has 1 rings (SSSR count). The van der Waals surface area contributed by atoms with E-state index in [-0.39, 0.29) is 6.04 Å². The van der Waals surface area contributed by atoms with Crippen LogP contribution in [0.5, 0.6) is 0 Å². The maximum Gasteiger partial charge on any atom is 0.405 e. The Kier molecular flexibility index (Phi) is 4.40. The average Bonchev–Trinajstić information content (AvgIpc) is 2.98. The van der Waals surface area contributed by atoms with Gasteiger partial charge in [-0.1, -0.05) is 0 Å². The molecule has 0 aromatic carbocycles. The van der Waals surface area contributed by atoms with Crippen LogP contribution in [0, 0.1) is 0 Å². The van der Waals surface area contributed by atoms with Crippen LogP contribution < -0.4 is 5.32 Å². The van der Waals surface area contributed by atoms with Gasteiger partial charge in [-0.15, -0.1) is 0 Å². The Labute approximate surface area is 91.7 Å². The monoisotopic (exact) mass is 240 g/mol. The first-order valence-electron chi connectivity index (χ1n) is 5.04. The van der Waals surface area contributed by atoms with Crippen LogP contribution in [0.1, 0.15) is 12.8 Å². The van der Waals surface area contributed by atoms with Gasteiger partial charge in [0.1, 0.15) is 6.54 Å². The summed E-state index contributed by atoms with van der Waals surface area (Å²) in [5, 5.41) is 1.86. The molecule has 0 radical (unpaired) electrons. The lowest BCUT2D eigenvalue weighted by molar-refractivity contribution is -0.123. The van der Waals surface area contributed by atoms with Gasteiger partial charge in [-0.05, 0) is 12.8 Å². The molecule has 0 unspecified atom stereocenters. The zero-order chi connectivity index (χ0) is 12.2. The molecule has 7 heteroatoms. The number of carbonyl (C=O) groups excluding carboxylic acids is 1. The molecular formula is C9H15F3N2O2. The van der Waals surface area contributed by atoms with Gasteiger partial charge in [0, 0.05) is 19.7 Å². The van der Waals surface area contributed by atoms with Gasteiger partial charge < -0.3 is 15.0 Å². The van der Waals surface area contributed by atoms with Gasteiger partial charge in [-0.2, -0.15) is 13.2 Å². The van der Waals surface area contributed by atoms with Crippen LogP contribution in [-0.2, 0) is 4.74 Å². The van der Waals surface area contributed by atoms with Gasteiger partial charge >= 0.3 is 12.2 Å². The number of halogens is 3. The van der Waals surface area contributed by atoms with Crippen molar-refractivity contribution < 1.29 is 22.7 Å². The first kappa shape index (κ1) is 13.1. The number of urea groups is 1. The topological polar surface area (TPSA) is 41.6 Å². The molecule has 0 heterocycles. The molecule has 4 nitrogen and oxygen atoms in total. The third kappa shape index (κ3) is 4.69. The van der Waals surface area contributed by atoms with Crippen LogP contribution in [0.25, 0.3) is 0 Å². The van der Waals surface area contributed by atoms with Crippen LogP contribution in [0.2, 0.25) is 0 Å². The van der Waals surface area contributed by atoms with Crippen LogP contribution >= 0.6 is 0 Å². The summed E-state index contributed by atoms with van der Waals surface area (Å²) in [6, 6.07) is -0.597. The molecule has 16 heavy (non-hydrogen) atoms. The molecule has 0 aromatic heterocycles. The summed E-state index contributed by atoms with van der Waals surface area (Å²) in [7, 11) is 1.48. The normalized spacial score (nSPS) is 16.0. The van der Waals surface area contributed by atoms with E-state index in [0.717, 1.165) is 12.8 Å². The first-order chi connectivity index (χ1) is 7.44. The molecule has 1 aliphatic rings. The molecule has 94 valence electrons. The third-order valence-corrected chi connectivity index (χ3v) is 2.22. The summed E-state index contributed by atoms with van der Waals surface area (Å²) in [6.45, 7) is -0.636. The number of methoxy groups -OCH3 is 1. The lowest BCUT2D eigenvalue weighted by Gasteiger charge is -2.22. The third-order valence-electron chi connectivity index (χ3n) is 2.22. The zero-order valence-corrected chi connectivity index (χ0v) is 9.01. The minimum atomic E-state index is -4.37. The Morgan fingerprint density at radius 2 is 2.12 bits per heavy atom. The summed E-state index contributed by atoms with van der Waals surface area (Å²) in [5.41, 5.74) is 0. The highest BCUT2D eigenvalue weighted by Gasteiger charge is 2.34. The fraction of sp³-hybridized carbons (Fsp3) is 0.889. The van der Waals surface area contributed by atoms with E-state index in [4.69, 9.17) is 4.74 Å². The SMILES string of the molecule is COCCN(C(=O)NCC(F)(F)F)C1CC1. The number of ether oxygens (including phenoxy) is 1. The molecule has 0 atom stereocenters. The van der Waals surface area contributed by atoms with Crippen LogP contribution in [0.15, 0.2) is 0 Å². The van der Waals surface area contributed by atoms with Crippen LogP contribution in [0.3, 0.4) is 0 Å². The van der Waals surface area contributed by atoms with Crippen molar-refractivity contribution in [3.8, 4) is 0 Å². The Balaban J connectivity index is 2.35. The van der Waals surface area contributed by atoms with Crippen molar-refractivity contribution in [1.29, 1.82) is 0 Å². The predicted molar refractivity (Wildman–Crippen MR) is 51.1 cm³/mol. The van der Waals surface area contributed by atoms with Gasteiger partial charge in [0.2, 0.25) is 0 Å². The highest BCUT2D eigenvalue weighted by atomic mass is 19.4. The fourth-order valence-corrected chi connectivity index (χ4v) is 1.30. The lowest BCUT2D eigenvalue weighted by atomic mass is 10.5. The second kappa shape index (κ2) is 5.38. The number of hydrogen-bond donors (Lipinski definition) is 1. The molecular weight excluding hydrogens is 225 g/mol. The number of rotatable bonds is 5. The second-order valence-corrected chi connectivity index (χ2v) is 3.69. The van der Waals surface area contributed by atoms with Gasteiger partial charge in [-0.3, -0.25) is 0 Å². The number of hydrogen-bond acceptors (Lipinski definition) is 2. The molecule has 1 saturated carbocycles. The minimum absolute atomic E-state index is 0.0726. The number of carbonyl (C=O) groups is 1. The lowest BCUT2D eigenvalue weighted by Crippen LogP contribution is -2.46. The Morgan fingerprint density at radius 3 is 2.56 bits per heavy atom. The quantitative estimate of drug-likeness (QED) is 0.788. The maximum atomic E-state index is 11.9. The van der Waals surface area contributed by atoms with Crippen molar-refractivity contribution in [1.82, 2.24) is 10.2 Å². The largest absolute Gasteiger partial charge is 0.405 e. The van der Waals surface area contributed by atoms with Gasteiger partial charge in [0.05, 0.1) is 6.61 Å². The molecule has 2 amide bonds. The number of amides is 2. The number of alkyl halides is 3. The summed E-state index contributed by atoms with van der Waals surface area (Å²) >= 11 is 0. The predicted octanol–water partition coefficient (Wildman–Crippen LogP) is 1.37. The first-order valence-corrected chi connectivity index (χ1v) is 5.04. The van der Waals surface area contributed by atoms with Crippen molar-refractivity contribution in [3.63, 3.8) is 0 Å². The highest BCUT2D eigenvalue weighted by Crippen LogP contribution is 2.26. The smallest absolute Gasteiger partial charge is 0.383 e. The summed E-state index contributed by atoms with van der Waals surface area (Å²) in [5.74, 6) is 0. The van der Waals surface area contributed by atoms with Gasteiger partial charge in [0.25, 0.3) is 0 Å². The van der Waals surface area contributed by atoms with Crippen molar-refractivity contribution in [2.24, 2.45) is 0 Å². The van der Waals surface area contributed by atoms with Gasteiger partial charge in [-0.25, -0.2) is 4.79 Å². The molecule has 0 spiro atoms. The summed E-state index contributed by atoms with van der Waals surface area (Å²) in [6.07, 6.45) is -2.67. The van der Waals surface area contributed by atoms with E-state index in [9.17, 15) is 18.0 Å². The van der Waals surface area contributed by atoms with E-state index in [1.165, 1.54) is 12.0 Å². The standard InChI is InChI=1S/C9H15F3N2O2/c1-16-5-4-14(7-2-3-7)8(15)13-6-9(10,11)12/h7H,2-6H2,1H3,(H,13,15).